The summed E-state index contributed by atoms with van der Waals surface area (Å²) in [6.07, 6.45) is 0.160. The standard InChI is InChI=1S/C17H18ClNO3S/c1-11(9-16(21)22-2)19-15(20)10-23-14-8-4-6-12-5-3-7-13(18)17(12)14/h3-8,11H,9-10H2,1-2H3,(H,19,20). The molecule has 0 saturated heterocycles. The van der Waals surface area contributed by atoms with Crippen molar-refractivity contribution in [2.24, 2.45) is 0 Å². The van der Waals surface area contributed by atoms with Crippen LogP contribution in [0.1, 0.15) is 13.3 Å². The molecule has 0 aromatic heterocycles. The van der Waals surface area contributed by atoms with Gasteiger partial charge in [0, 0.05) is 21.3 Å². The Hall–Kier alpha value is -1.72. The van der Waals surface area contributed by atoms with Gasteiger partial charge in [-0.15, -0.1) is 11.8 Å². The molecule has 122 valence electrons. The molecule has 6 heteroatoms. The van der Waals surface area contributed by atoms with Gasteiger partial charge in [-0.25, -0.2) is 0 Å². The Bertz CT molecular complexity index is 715. The number of hydrogen-bond acceptors (Lipinski definition) is 4. The fourth-order valence-corrected chi connectivity index (χ4v) is 3.48. The second-order valence-electron chi connectivity index (χ2n) is 5.13. The number of thioether (sulfide) groups is 1. The molecule has 2 aromatic carbocycles. The van der Waals surface area contributed by atoms with Crippen molar-refractivity contribution in [3.05, 3.63) is 41.4 Å². The van der Waals surface area contributed by atoms with Gasteiger partial charge in [0.05, 0.1) is 19.3 Å². The van der Waals surface area contributed by atoms with Crippen LogP contribution in [-0.4, -0.2) is 30.8 Å². The fraction of sp³-hybridized carbons (Fsp3) is 0.294. The number of ether oxygens (including phenoxy) is 1. The number of benzene rings is 2. The molecule has 1 N–H and O–H groups in total. The van der Waals surface area contributed by atoms with Gasteiger partial charge in [0.2, 0.25) is 5.91 Å². The number of hydrogen-bond donors (Lipinski definition) is 1. The van der Waals surface area contributed by atoms with Crippen molar-refractivity contribution in [3.8, 4) is 0 Å². The zero-order valence-electron chi connectivity index (χ0n) is 13.0. The van der Waals surface area contributed by atoms with Crippen LogP contribution in [0, 0.1) is 0 Å². The molecule has 0 heterocycles. The van der Waals surface area contributed by atoms with Gasteiger partial charge in [-0.05, 0) is 24.4 Å². The summed E-state index contributed by atoms with van der Waals surface area (Å²) >= 11 is 7.70. The highest BCUT2D eigenvalue weighted by Gasteiger charge is 2.13. The van der Waals surface area contributed by atoms with E-state index in [-0.39, 0.29) is 30.1 Å². The van der Waals surface area contributed by atoms with Gasteiger partial charge < -0.3 is 10.1 Å². The third kappa shape index (κ3) is 4.88. The van der Waals surface area contributed by atoms with E-state index in [9.17, 15) is 9.59 Å². The number of esters is 1. The van der Waals surface area contributed by atoms with E-state index < -0.39 is 0 Å². The average Bonchev–Trinajstić information content (AvgIpc) is 2.52. The summed E-state index contributed by atoms with van der Waals surface area (Å²) in [5, 5.41) is 5.45. The SMILES string of the molecule is COC(=O)CC(C)NC(=O)CSc1cccc2cccc(Cl)c12. The number of halogens is 1. The van der Waals surface area contributed by atoms with E-state index in [1.165, 1.54) is 18.9 Å². The highest BCUT2D eigenvalue weighted by atomic mass is 35.5. The van der Waals surface area contributed by atoms with Crippen LogP contribution in [0.5, 0.6) is 0 Å². The lowest BCUT2D eigenvalue weighted by atomic mass is 10.1. The largest absolute Gasteiger partial charge is 0.469 e. The van der Waals surface area contributed by atoms with Crippen molar-refractivity contribution in [2.75, 3.05) is 12.9 Å². The topological polar surface area (TPSA) is 55.4 Å². The van der Waals surface area contributed by atoms with Crippen molar-refractivity contribution in [3.63, 3.8) is 0 Å². The number of carbonyl (C=O) groups is 2. The van der Waals surface area contributed by atoms with E-state index in [0.717, 1.165) is 15.7 Å². The van der Waals surface area contributed by atoms with E-state index in [1.807, 2.05) is 36.4 Å². The number of rotatable bonds is 6. The number of methoxy groups -OCH3 is 1. The molecular weight excluding hydrogens is 334 g/mol. The second-order valence-corrected chi connectivity index (χ2v) is 6.56. The number of nitrogens with one attached hydrogen (secondary N) is 1. The molecular formula is C17H18ClNO3S. The normalized spacial score (nSPS) is 12.0. The Balaban J connectivity index is 1.98. The summed E-state index contributed by atoms with van der Waals surface area (Å²) in [5.41, 5.74) is 0. The summed E-state index contributed by atoms with van der Waals surface area (Å²) < 4.78 is 4.58. The molecule has 1 atom stereocenters. The first-order valence-corrected chi connectivity index (χ1v) is 8.54. The highest BCUT2D eigenvalue weighted by Crippen LogP contribution is 2.33. The summed E-state index contributed by atoms with van der Waals surface area (Å²) in [6, 6.07) is 11.4. The Morgan fingerprint density at radius 1 is 1.26 bits per heavy atom. The minimum absolute atomic E-state index is 0.129. The van der Waals surface area contributed by atoms with Crippen LogP contribution in [0.3, 0.4) is 0 Å². The lowest BCUT2D eigenvalue weighted by Gasteiger charge is -2.13. The molecule has 0 aliphatic rings. The summed E-state index contributed by atoms with van der Waals surface area (Å²) in [4.78, 5) is 24.1. The van der Waals surface area contributed by atoms with Gasteiger partial charge in [0.15, 0.2) is 0 Å². The van der Waals surface area contributed by atoms with Crippen molar-refractivity contribution in [2.45, 2.75) is 24.3 Å². The second kappa shape index (κ2) is 8.22. The first-order valence-electron chi connectivity index (χ1n) is 7.17. The summed E-state index contributed by atoms with van der Waals surface area (Å²) in [7, 11) is 1.33. The molecule has 23 heavy (non-hydrogen) atoms. The lowest BCUT2D eigenvalue weighted by molar-refractivity contribution is -0.141. The van der Waals surface area contributed by atoms with Gasteiger partial charge in [-0.2, -0.15) is 0 Å². The van der Waals surface area contributed by atoms with Crippen LogP contribution in [-0.2, 0) is 14.3 Å². The monoisotopic (exact) mass is 351 g/mol. The molecule has 0 spiro atoms. The predicted octanol–water partition coefficient (Wildman–Crippen LogP) is 3.65. The summed E-state index contributed by atoms with van der Waals surface area (Å²) in [5.74, 6) is -0.211. The highest BCUT2D eigenvalue weighted by molar-refractivity contribution is 8.00. The maximum Gasteiger partial charge on any atom is 0.307 e. The maximum absolute atomic E-state index is 12.0. The molecule has 0 saturated carbocycles. The third-order valence-electron chi connectivity index (χ3n) is 3.28. The minimum Gasteiger partial charge on any atom is -0.469 e. The number of amides is 1. The molecule has 2 aromatic rings. The zero-order valence-corrected chi connectivity index (χ0v) is 14.5. The maximum atomic E-state index is 12.0. The lowest BCUT2D eigenvalue weighted by Crippen LogP contribution is -2.35. The van der Waals surface area contributed by atoms with E-state index in [4.69, 9.17) is 11.6 Å². The van der Waals surface area contributed by atoms with Gasteiger partial charge >= 0.3 is 5.97 Å². The summed E-state index contributed by atoms with van der Waals surface area (Å²) in [6.45, 7) is 1.77. The van der Waals surface area contributed by atoms with Crippen molar-refractivity contribution < 1.29 is 14.3 Å². The molecule has 0 aliphatic carbocycles. The molecule has 0 fully saturated rings. The number of fused-ring (bicyclic) bond motifs is 1. The van der Waals surface area contributed by atoms with Crippen molar-refractivity contribution in [1.82, 2.24) is 5.32 Å². The van der Waals surface area contributed by atoms with Crippen molar-refractivity contribution in [1.29, 1.82) is 0 Å². The Morgan fingerprint density at radius 3 is 2.65 bits per heavy atom. The van der Waals surface area contributed by atoms with Gasteiger partial charge in [0.1, 0.15) is 0 Å². The van der Waals surface area contributed by atoms with Crippen LogP contribution >= 0.6 is 23.4 Å². The van der Waals surface area contributed by atoms with E-state index >= 15 is 0 Å². The average molecular weight is 352 g/mol. The van der Waals surface area contributed by atoms with Crippen molar-refractivity contribution >= 4 is 46.0 Å². The smallest absolute Gasteiger partial charge is 0.307 e. The van der Waals surface area contributed by atoms with Crippen LogP contribution in [0.25, 0.3) is 10.8 Å². The van der Waals surface area contributed by atoms with E-state index in [0.29, 0.717) is 5.02 Å². The zero-order chi connectivity index (χ0) is 16.8. The molecule has 2 rings (SSSR count). The fourth-order valence-electron chi connectivity index (χ4n) is 2.23. The van der Waals surface area contributed by atoms with Gasteiger partial charge in [0.25, 0.3) is 0 Å². The van der Waals surface area contributed by atoms with E-state index in [1.54, 1.807) is 6.92 Å². The Kier molecular flexibility index (Phi) is 6.30. The van der Waals surface area contributed by atoms with Gasteiger partial charge in [-0.3, -0.25) is 9.59 Å². The molecule has 1 unspecified atom stereocenters. The first kappa shape index (κ1) is 17.6. The van der Waals surface area contributed by atoms with Crippen LogP contribution in [0.15, 0.2) is 41.3 Å². The third-order valence-corrected chi connectivity index (χ3v) is 4.66. The van der Waals surface area contributed by atoms with Gasteiger partial charge in [-0.1, -0.05) is 35.9 Å². The molecule has 0 bridgehead atoms. The Morgan fingerprint density at radius 2 is 1.96 bits per heavy atom. The molecule has 0 aliphatic heterocycles. The Labute approximate surface area is 144 Å². The quantitative estimate of drug-likeness (QED) is 0.637. The number of carbonyl (C=O) groups excluding carboxylic acids is 2. The molecule has 1 amide bonds. The minimum atomic E-state index is -0.341. The van der Waals surface area contributed by atoms with Crippen LogP contribution < -0.4 is 5.32 Å². The van der Waals surface area contributed by atoms with E-state index in [2.05, 4.69) is 10.1 Å². The predicted molar refractivity (Wildman–Crippen MR) is 93.9 cm³/mol. The molecule has 0 radical (unpaired) electrons. The van der Waals surface area contributed by atoms with Crippen LogP contribution in [0.2, 0.25) is 5.02 Å². The first-order chi connectivity index (χ1) is 11.0. The molecule has 4 nitrogen and oxygen atoms in total. The van der Waals surface area contributed by atoms with Crippen LogP contribution in [0.4, 0.5) is 0 Å².